The number of Topliss-reactive ketones (excluding diaryl/α,β-unsaturated/α-hetero) is 1. The maximum atomic E-state index is 12.6. The smallest absolute Gasteiger partial charge is 0.222 e. The van der Waals surface area contributed by atoms with E-state index in [0.717, 1.165) is 24.9 Å². The summed E-state index contributed by atoms with van der Waals surface area (Å²) in [5, 5.41) is 0. The Bertz CT molecular complexity index is 734. The Morgan fingerprint density at radius 1 is 1.11 bits per heavy atom. The molecule has 1 aromatic carbocycles. The van der Waals surface area contributed by atoms with Crippen LogP contribution in [0.25, 0.3) is 0 Å². The molecule has 1 fully saturated rings. The van der Waals surface area contributed by atoms with Crippen molar-refractivity contribution in [3.05, 3.63) is 66.0 Å². The van der Waals surface area contributed by atoms with Gasteiger partial charge in [-0.2, -0.15) is 0 Å². The second-order valence-corrected chi connectivity index (χ2v) is 6.90. The van der Waals surface area contributed by atoms with Crippen LogP contribution < -0.4 is 0 Å². The number of nitrogens with zero attached hydrogens (tertiary/aromatic N) is 2. The number of hydrogen-bond donors (Lipinski definition) is 0. The summed E-state index contributed by atoms with van der Waals surface area (Å²) in [4.78, 5) is 31.0. The lowest BCUT2D eigenvalue weighted by Crippen LogP contribution is -2.42. The lowest BCUT2D eigenvalue weighted by molar-refractivity contribution is -0.133. The zero-order chi connectivity index (χ0) is 18.9. The highest BCUT2D eigenvalue weighted by molar-refractivity contribution is 5.96. The molecule has 0 radical (unpaired) electrons. The monoisotopic (exact) mass is 366 g/mol. The van der Waals surface area contributed by atoms with Crippen molar-refractivity contribution in [3.8, 4) is 0 Å². The third-order valence-electron chi connectivity index (χ3n) is 4.85. The molecule has 1 saturated heterocycles. The van der Waals surface area contributed by atoms with E-state index in [1.165, 1.54) is 0 Å². The maximum Gasteiger partial charge on any atom is 0.222 e. The number of aromatic nitrogens is 1. The molecule has 1 amide bonds. The van der Waals surface area contributed by atoms with E-state index in [0.29, 0.717) is 38.3 Å². The maximum absolute atomic E-state index is 12.6. The molecule has 1 aliphatic heterocycles. The summed E-state index contributed by atoms with van der Waals surface area (Å²) in [7, 11) is 0. The minimum Gasteiger partial charge on any atom is -0.377 e. The summed E-state index contributed by atoms with van der Waals surface area (Å²) in [5.74, 6) is 0.00283. The van der Waals surface area contributed by atoms with Crippen molar-refractivity contribution >= 4 is 11.7 Å². The molecule has 0 spiro atoms. The van der Waals surface area contributed by atoms with Crippen LogP contribution in [-0.2, 0) is 16.1 Å². The van der Waals surface area contributed by atoms with Crippen LogP contribution in [0.3, 0.4) is 0 Å². The molecule has 0 saturated carbocycles. The Hall–Kier alpha value is -2.53. The molecule has 3 rings (SSSR count). The summed E-state index contributed by atoms with van der Waals surface area (Å²) in [6.07, 6.45) is 4.47. The molecule has 2 aromatic rings. The van der Waals surface area contributed by atoms with Gasteiger partial charge in [0.1, 0.15) is 5.69 Å². The third kappa shape index (κ3) is 5.73. The van der Waals surface area contributed by atoms with Gasteiger partial charge in [0.15, 0.2) is 5.78 Å². The molecule has 1 aliphatic rings. The normalized spacial score (nSPS) is 16.9. The number of benzene rings is 1. The second kappa shape index (κ2) is 9.97. The molecular weight excluding hydrogens is 340 g/mol. The number of rotatable bonds is 8. The minimum atomic E-state index is -0.146. The predicted octanol–water partition coefficient (Wildman–Crippen LogP) is 3.50. The molecule has 5 nitrogen and oxygen atoms in total. The molecule has 0 N–H and O–H groups in total. The number of amides is 1. The number of pyridine rings is 1. The molecule has 1 atom stereocenters. The molecule has 2 heterocycles. The number of carbonyl (C=O) groups is 2. The van der Waals surface area contributed by atoms with Crippen molar-refractivity contribution in [2.75, 3.05) is 19.7 Å². The van der Waals surface area contributed by atoms with Crippen molar-refractivity contribution in [2.24, 2.45) is 5.92 Å². The van der Waals surface area contributed by atoms with Crippen LogP contribution in [0, 0.1) is 5.92 Å². The largest absolute Gasteiger partial charge is 0.377 e. The van der Waals surface area contributed by atoms with Gasteiger partial charge in [0, 0.05) is 38.2 Å². The van der Waals surface area contributed by atoms with Gasteiger partial charge >= 0.3 is 0 Å². The summed E-state index contributed by atoms with van der Waals surface area (Å²) >= 11 is 0. The first-order valence-corrected chi connectivity index (χ1v) is 9.59. The van der Waals surface area contributed by atoms with Crippen molar-refractivity contribution in [1.82, 2.24) is 9.88 Å². The molecule has 0 aliphatic carbocycles. The van der Waals surface area contributed by atoms with Crippen LogP contribution in [0.2, 0.25) is 0 Å². The van der Waals surface area contributed by atoms with Gasteiger partial charge in [-0.15, -0.1) is 0 Å². The van der Waals surface area contributed by atoms with Gasteiger partial charge in [-0.25, -0.2) is 0 Å². The molecule has 1 aromatic heterocycles. The summed E-state index contributed by atoms with van der Waals surface area (Å²) < 4.78 is 5.64. The van der Waals surface area contributed by atoms with Crippen LogP contribution in [0.4, 0.5) is 0 Å². The zero-order valence-electron chi connectivity index (χ0n) is 15.5. The molecule has 5 heteroatoms. The lowest BCUT2D eigenvalue weighted by Gasteiger charge is -2.32. The number of carbonyl (C=O) groups excluding carboxylic acids is 2. The van der Waals surface area contributed by atoms with E-state index in [-0.39, 0.29) is 17.6 Å². The molecule has 0 unspecified atom stereocenters. The van der Waals surface area contributed by atoms with E-state index in [2.05, 4.69) is 4.98 Å². The Kier molecular flexibility index (Phi) is 7.11. The summed E-state index contributed by atoms with van der Waals surface area (Å²) in [6, 6.07) is 15.4. The molecular formula is C22H26N2O3. The zero-order valence-corrected chi connectivity index (χ0v) is 15.5. The second-order valence-electron chi connectivity index (χ2n) is 6.90. The fourth-order valence-electron chi connectivity index (χ4n) is 3.38. The molecule has 142 valence electrons. The van der Waals surface area contributed by atoms with Crippen LogP contribution >= 0.6 is 0 Å². The van der Waals surface area contributed by atoms with Crippen LogP contribution in [0.15, 0.2) is 54.7 Å². The van der Waals surface area contributed by atoms with E-state index in [1.807, 2.05) is 41.3 Å². The number of hydrogen-bond acceptors (Lipinski definition) is 4. The summed E-state index contributed by atoms with van der Waals surface area (Å²) in [5.41, 5.74) is 1.63. The Balaban J connectivity index is 1.40. The van der Waals surface area contributed by atoms with Gasteiger partial charge in [0.05, 0.1) is 6.61 Å². The van der Waals surface area contributed by atoms with Crippen molar-refractivity contribution in [3.63, 3.8) is 0 Å². The topological polar surface area (TPSA) is 59.5 Å². The first-order valence-electron chi connectivity index (χ1n) is 9.59. The highest BCUT2D eigenvalue weighted by atomic mass is 16.5. The average Bonchev–Trinajstić information content (AvgIpc) is 2.74. The first-order chi connectivity index (χ1) is 13.2. The third-order valence-corrected chi connectivity index (χ3v) is 4.85. The number of ether oxygens (including phenoxy) is 1. The standard InChI is InChI=1S/C22H26N2O3/c25-21(12-7-15-27-17-18-8-2-1-3-9-18)24-14-6-10-19(16-24)22(26)20-11-4-5-13-23-20/h1-5,8-9,11,13,19H,6-7,10,12,14-17H2/t19-/m1/s1. The number of piperidine rings is 1. The van der Waals surface area contributed by atoms with Gasteiger partial charge in [-0.3, -0.25) is 14.6 Å². The highest BCUT2D eigenvalue weighted by Gasteiger charge is 2.29. The van der Waals surface area contributed by atoms with Gasteiger partial charge in [0.25, 0.3) is 0 Å². The quantitative estimate of drug-likeness (QED) is 0.530. The first kappa shape index (κ1) is 19.2. The van der Waals surface area contributed by atoms with E-state index >= 15 is 0 Å². The van der Waals surface area contributed by atoms with Crippen molar-refractivity contribution < 1.29 is 14.3 Å². The highest BCUT2D eigenvalue weighted by Crippen LogP contribution is 2.21. The predicted molar refractivity (Wildman–Crippen MR) is 103 cm³/mol. The fourth-order valence-corrected chi connectivity index (χ4v) is 3.38. The SMILES string of the molecule is O=C(c1ccccn1)[C@@H]1CCCN(C(=O)CCCOCc2ccccc2)C1. The number of ketones is 1. The van der Waals surface area contributed by atoms with E-state index in [1.54, 1.807) is 18.3 Å². The van der Waals surface area contributed by atoms with Crippen LogP contribution in [0.5, 0.6) is 0 Å². The van der Waals surface area contributed by atoms with E-state index in [4.69, 9.17) is 4.74 Å². The number of likely N-dealkylation sites (tertiary alicyclic amines) is 1. The Morgan fingerprint density at radius 2 is 1.93 bits per heavy atom. The lowest BCUT2D eigenvalue weighted by atomic mass is 9.91. The van der Waals surface area contributed by atoms with Gasteiger partial charge < -0.3 is 9.64 Å². The van der Waals surface area contributed by atoms with Gasteiger partial charge in [0.2, 0.25) is 5.91 Å². The van der Waals surface area contributed by atoms with E-state index in [9.17, 15) is 9.59 Å². The minimum absolute atomic E-state index is 0.0410. The average molecular weight is 366 g/mol. The Labute approximate surface area is 160 Å². The van der Waals surface area contributed by atoms with Crippen LogP contribution in [-0.4, -0.2) is 41.3 Å². The molecule has 0 bridgehead atoms. The fraction of sp³-hybridized carbons (Fsp3) is 0.409. The van der Waals surface area contributed by atoms with Gasteiger partial charge in [-0.1, -0.05) is 36.4 Å². The van der Waals surface area contributed by atoms with Crippen molar-refractivity contribution in [1.29, 1.82) is 0 Å². The molecule has 27 heavy (non-hydrogen) atoms. The summed E-state index contributed by atoms with van der Waals surface area (Å²) in [6.45, 7) is 2.36. The van der Waals surface area contributed by atoms with Crippen molar-refractivity contribution in [2.45, 2.75) is 32.3 Å². The van der Waals surface area contributed by atoms with Gasteiger partial charge in [-0.05, 0) is 37.0 Å². The Morgan fingerprint density at radius 3 is 2.70 bits per heavy atom. The van der Waals surface area contributed by atoms with Crippen LogP contribution in [0.1, 0.15) is 41.7 Å². The van der Waals surface area contributed by atoms with E-state index < -0.39 is 0 Å².